The average Bonchev–Trinajstić information content (AvgIpc) is 2.47. The molecule has 5 heteroatoms. The Morgan fingerprint density at radius 1 is 1.10 bits per heavy atom. The lowest BCUT2D eigenvalue weighted by molar-refractivity contribution is -0.143. The van der Waals surface area contributed by atoms with E-state index >= 15 is 0 Å². The fraction of sp³-hybridized carbons (Fsp3) is 0.467. The van der Waals surface area contributed by atoms with Gasteiger partial charge in [-0.05, 0) is 31.9 Å². The molecule has 110 valence electrons. The fourth-order valence-electron chi connectivity index (χ4n) is 1.62. The van der Waals surface area contributed by atoms with Crippen molar-refractivity contribution in [2.24, 2.45) is 0 Å². The van der Waals surface area contributed by atoms with Gasteiger partial charge in [-0.3, -0.25) is 14.4 Å². The smallest absolute Gasteiger partial charge is 0.305 e. The Hall–Kier alpha value is -1.88. The first kappa shape index (κ1) is 16.2. The van der Waals surface area contributed by atoms with Gasteiger partial charge in [-0.15, -0.1) is 0 Å². The molecule has 1 rings (SSSR count). The molecule has 1 amide bonds. The maximum atomic E-state index is 11.6. The average molecular weight is 279 g/mol. The first-order chi connectivity index (χ1) is 9.74. The van der Waals surface area contributed by atoms with Gasteiger partial charge in [0.25, 0.3) is 5.91 Å². The molecule has 0 atom stereocenters. The quantitative estimate of drug-likeness (QED) is 0.428. The van der Waals surface area contributed by atoms with Crippen LogP contribution >= 0.6 is 0 Å². The molecule has 5 nitrogen and oxygen atoms in total. The van der Waals surface area contributed by atoms with Crippen molar-refractivity contribution in [1.82, 2.24) is 5.48 Å². The van der Waals surface area contributed by atoms with Crippen molar-refractivity contribution >= 4 is 11.9 Å². The number of ether oxygens (including phenoxy) is 1. The Bertz CT molecular complexity index is 406. The lowest BCUT2D eigenvalue weighted by atomic mass is 10.2. The van der Waals surface area contributed by atoms with Crippen molar-refractivity contribution in [1.29, 1.82) is 0 Å². The van der Waals surface area contributed by atoms with Gasteiger partial charge in [-0.1, -0.05) is 24.6 Å². The monoisotopic (exact) mass is 279 g/mol. The first-order valence-corrected chi connectivity index (χ1v) is 6.87. The number of carbonyl (C=O) groups excluding carboxylic acids is 2. The van der Waals surface area contributed by atoms with Crippen LogP contribution in [0.15, 0.2) is 30.3 Å². The number of hydroxylamine groups is 1. The molecule has 0 radical (unpaired) electrons. The predicted octanol–water partition coefficient (Wildman–Crippen LogP) is 2.47. The van der Waals surface area contributed by atoms with Crippen LogP contribution in [0.1, 0.15) is 43.0 Å². The molecule has 0 saturated heterocycles. The molecule has 1 N–H and O–H groups in total. The van der Waals surface area contributed by atoms with Gasteiger partial charge < -0.3 is 4.74 Å². The zero-order chi connectivity index (χ0) is 14.6. The second-order valence-corrected chi connectivity index (χ2v) is 4.26. The highest BCUT2D eigenvalue weighted by Crippen LogP contribution is 2.02. The number of hydrogen-bond donors (Lipinski definition) is 1. The zero-order valence-corrected chi connectivity index (χ0v) is 11.8. The SMILES string of the molecule is CCOC(=O)CCCCCONC(=O)c1ccccc1. The van der Waals surface area contributed by atoms with Crippen molar-refractivity contribution < 1.29 is 19.2 Å². The second kappa shape index (κ2) is 9.97. The maximum Gasteiger partial charge on any atom is 0.305 e. The van der Waals surface area contributed by atoms with Gasteiger partial charge in [0.2, 0.25) is 0 Å². The molecular weight excluding hydrogens is 258 g/mol. The van der Waals surface area contributed by atoms with E-state index in [4.69, 9.17) is 9.57 Å². The molecule has 0 aliphatic rings. The molecule has 0 aromatic heterocycles. The molecular formula is C15H21NO4. The van der Waals surface area contributed by atoms with Crippen molar-refractivity contribution in [3.05, 3.63) is 35.9 Å². The minimum absolute atomic E-state index is 0.161. The van der Waals surface area contributed by atoms with Crippen LogP contribution in [0.3, 0.4) is 0 Å². The Kier molecular flexibility index (Phi) is 8.07. The summed E-state index contributed by atoms with van der Waals surface area (Å²) in [6.45, 7) is 2.65. The molecule has 1 aromatic rings. The number of amides is 1. The normalized spacial score (nSPS) is 10.1. The summed E-state index contributed by atoms with van der Waals surface area (Å²) in [7, 11) is 0. The minimum Gasteiger partial charge on any atom is -0.466 e. The number of nitrogens with one attached hydrogen (secondary N) is 1. The van der Waals surface area contributed by atoms with E-state index in [0.717, 1.165) is 19.3 Å². The van der Waals surface area contributed by atoms with E-state index < -0.39 is 0 Å². The molecule has 0 fully saturated rings. The van der Waals surface area contributed by atoms with E-state index in [1.165, 1.54) is 0 Å². The van der Waals surface area contributed by atoms with E-state index in [0.29, 0.717) is 25.2 Å². The largest absolute Gasteiger partial charge is 0.466 e. The van der Waals surface area contributed by atoms with Crippen molar-refractivity contribution in [3.8, 4) is 0 Å². The summed E-state index contributed by atoms with van der Waals surface area (Å²) in [6.07, 6.45) is 2.85. The zero-order valence-electron chi connectivity index (χ0n) is 11.8. The molecule has 0 spiro atoms. The fourth-order valence-corrected chi connectivity index (χ4v) is 1.62. The number of unbranched alkanes of at least 4 members (excludes halogenated alkanes) is 2. The van der Waals surface area contributed by atoms with Crippen LogP contribution in [0.25, 0.3) is 0 Å². The second-order valence-electron chi connectivity index (χ2n) is 4.26. The summed E-state index contributed by atoms with van der Waals surface area (Å²) in [4.78, 5) is 27.8. The molecule has 0 saturated carbocycles. The maximum absolute atomic E-state index is 11.6. The molecule has 20 heavy (non-hydrogen) atoms. The molecule has 0 heterocycles. The van der Waals surface area contributed by atoms with Crippen LogP contribution in [0.4, 0.5) is 0 Å². The Labute approximate surface area is 119 Å². The Morgan fingerprint density at radius 2 is 1.85 bits per heavy atom. The van der Waals surface area contributed by atoms with Gasteiger partial charge in [-0.25, -0.2) is 5.48 Å². The van der Waals surface area contributed by atoms with E-state index in [1.54, 1.807) is 31.2 Å². The van der Waals surface area contributed by atoms with Gasteiger partial charge in [0, 0.05) is 12.0 Å². The standard InChI is InChI=1S/C15H21NO4/c1-2-19-14(17)11-7-4-8-12-20-16-15(18)13-9-5-3-6-10-13/h3,5-6,9-10H,2,4,7-8,11-12H2,1H3,(H,16,18). The van der Waals surface area contributed by atoms with Crippen LogP contribution in [-0.2, 0) is 14.4 Å². The van der Waals surface area contributed by atoms with Gasteiger partial charge >= 0.3 is 5.97 Å². The minimum atomic E-state index is -0.253. The molecule has 0 unspecified atom stereocenters. The summed E-state index contributed by atoms with van der Waals surface area (Å²) in [5.41, 5.74) is 2.95. The van der Waals surface area contributed by atoms with E-state index in [1.807, 2.05) is 6.07 Å². The van der Waals surface area contributed by atoms with Crippen molar-refractivity contribution in [2.75, 3.05) is 13.2 Å². The Morgan fingerprint density at radius 3 is 2.55 bits per heavy atom. The van der Waals surface area contributed by atoms with Gasteiger partial charge in [0.05, 0.1) is 13.2 Å². The first-order valence-electron chi connectivity index (χ1n) is 6.87. The number of hydrogen-bond acceptors (Lipinski definition) is 4. The number of esters is 1. The highest BCUT2D eigenvalue weighted by Gasteiger charge is 2.04. The van der Waals surface area contributed by atoms with Crippen LogP contribution < -0.4 is 5.48 Å². The number of carbonyl (C=O) groups is 2. The highest BCUT2D eigenvalue weighted by atomic mass is 16.6. The summed E-state index contributed by atoms with van der Waals surface area (Å²) in [5, 5.41) is 0. The van der Waals surface area contributed by atoms with Gasteiger partial charge in [-0.2, -0.15) is 0 Å². The van der Waals surface area contributed by atoms with Crippen LogP contribution in [0.2, 0.25) is 0 Å². The van der Waals surface area contributed by atoms with Gasteiger partial charge in [0.15, 0.2) is 0 Å². The van der Waals surface area contributed by atoms with Crippen molar-refractivity contribution in [2.45, 2.75) is 32.6 Å². The summed E-state index contributed by atoms with van der Waals surface area (Å²) in [6, 6.07) is 8.88. The van der Waals surface area contributed by atoms with Crippen LogP contribution in [-0.4, -0.2) is 25.1 Å². The van der Waals surface area contributed by atoms with Crippen LogP contribution in [0, 0.1) is 0 Å². The van der Waals surface area contributed by atoms with E-state index in [9.17, 15) is 9.59 Å². The lowest BCUT2D eigenvalue weighted by Crippen LogP contribution is -2.24. The van der Waals surface area contributed by atoms with Crippen molar-refractivity contribution in [3.63, 3.8) is 0 Å². The van der Waals surface area contributed by atoms with E-state index in [2.05, 4.69) is 5.48 Å². The third-order valence-electron chi connectivity index (χ3n) is 2.63. The third-order valence-corrected chi connectivity index (χ3v) is 2.63. The predicted molar refractivity (Wildman–Crippen MR) is 75.0 cm³/mol. The van der Waals surface area contributed by atoms with Crippen LogP contribution in [0.5, 0.6) is 0 Å². The summed E-state index contributed by atoms with van der Waals surface area (Å²) < 4.78 is 4.82. The third kappa shape index (κ3) is 6.89. The summed E-state index contributed by atoms with van der Waals surface area (Å²) >= 11 is 0. The van der Waals surface area contributed by atoms with Gasteiger partial charge in [0.1, 0.15) is 0 Å². The number of benzene rings is 1. The molecule has 0 bridgehead atoms. The number of rotatable bonds is 9. The summed E-state index contributed by atoms with van der Waals surface area (Å²) in [5.74, 6) is -0.414. The highest BCUT2D eigenvalue weighted by molar-refractivity contribution is 5.93. The Balaban J connectivity index is 2.00. The molecule has 1 aromatic carbocycles. The molecule has 0 aliphatic heterocycles. The lowest BCUT2D eigenvalue weighted by Gasteiger charge is -2.06. The topological polar surface area (TPSA) is 64.6 Å². The molecule has 0 aliphatic carbocycles. The van der Waals surface area contributed by atoms with E-state index in [-0.39, 0.29) is 11.9 Å².